The fraction of sp³-hybridized carbons (Fsp3) is 0.389. The molecule has 0 amide bonds. The summed E-state index contributed by atoms with van der Waals surface area (Å²) in [6, 6.07) is 7.92. The van der Waals surface area contributed by atoms with Crippen LogP contribution < -0.4 is 10.5 Å². The number of rotatable bonds is 4. The molecule has 0 aliphatic carbocycles. The van der Waals surface area contributed by atoms with E-state index in [1.54, 1.807) is 12.1 Å². The summed E-state index contributed by atoms with van der Waals surface area (Å²) in [6.07, 6.45) is 0. The average Bonchev–Trinajstić information content (AvgIpc) is 2.68. The van der Waals surface area contributed by atoms with Crippen LogP contribution in [0.3, 0.4) is 0 Å². The van der Waals surface area contributed by atoms with Gasteiger partial charge < -0.3 is 9.80 Å². The number of aromatic amines is 1. The van der Waals surface area contributed by atoms with Gasteiger partial charge >= 0.3 is 0 Å². The van der Waals surface area contributed by atoms with Crippen molar-refractivity contribution in [2.45, 2.75) is 4.90 Å². The van der Waals surface area contributed by atoms with Gasteiger partial charge in [-0.15, -0.1) is 0 Å². The fourth-order valence-electron chi connectivity index (χ4n) is 2.94. The Balaban J connectivity index is 2.03. The van der Waals surface area contributed by atoms with Crippen molar-refractivity contribution in [3.63, 3.8) is 0 Å². The second-order valence-corrected chi connectivity index (χ2v) is 8.98. The number of H-pyrrole nitrogens is 1. The minimum absolute atomic E-state index is 0.0962. The Labute approximate surface area is 163 Å². The third kappa shape index (κ3) is 3.77. The summed E-state index contributed by atoms with van der Waals surface area (Å²) in [4.78, 5) is 23.9. The van der Waals surface area contributed by atoms with Gasteiger partial charge in [0.05, 0.1) is 10.6 Å². The summed E-state index contributed by atoms with van der Waals surface area (Å²) in [5.41, 5.74) is 0.150. The van der Waals surface area contributed by atoms with Crippen LogP contribution in [0, 0.1) is 11.3 Å². The Morgan fingerprint density at radius 1 is 1.14 bits per heavy atom. The first-order valence-corrected chi connectivity index (χ1v) is 10.2. The van der Waals surface area contributed by atoms with E-state index < -0.39 is 15.6 Å². The summed E-state index contributed by atoms with van der Waals surface area (Å²) in [7, 11) is 1.38. The number of nitrogens with one attached hydrogen (secondary N) is 1. The molecule has 9 nitrogen and oxygen atoms in total. The van der Waals surface area contributed by atoms with E-state index >= 15 is 0 Å². The highest BCUT2D eigenvalue weighted by molar-refractivity contribution is 7.89. The standard InChI is InChI=1S/C18H22N6O3S/c1-22(2)28(26,27)14-6-4-13(5-7-14)16-15(12-19)17(25)21-18(20-16)24-10-8-23(3)9-11-24/h4-7H,8-11H2,1-3H3,(H,20,21,25). The van der Waals surface area contributed by atoms with Crippen molar-refractivity contribution in [3.8, 4) is 17.3 Å². The van der Waals surface area contributed by atoms with Crippen molar-refractivity contribution in [3.05, 3.63) is 40.2 Å². The number of nitrogens with zero attached hydrogens (tertiary/aromatic N) is 5. The zero-order valence-electron chi connectivity index (χ0n) is 16.0. The van der Waals surface area contributed by atoms with Gasteiger partial charge in [-0.05, 0) is 19.2 Å². The monoisotopic (exact) mass is 402 g/mol. The smallest absolute Gasteiger partial charge is 0.270 e. The number of anilines is 1. The second-order valence-electron chi connectivity index (χ2n) is 6.83. The maximum absolute atomic E-state index is 12.4. The Hall–Kier alpha value is -2.74. The molecule has 0 radical (unpaired) electrons. The van der Waals surface area contributed by atoms with Gasteiger partial charge in [-0.3, -0.25) is 9.78 Å². The minimum Gasteiger partial charge on any atom is -0.340 e. The van der Waals surface area contributed by atoms with Gasteiger partial charge in [0.15, 0.2) is 0 Å². The Morgan fingerprint density at radius 3 is 2.29 bits per heavy atom. The molecule has 148 valence electrons. The van der Waals surface area contributed by atoms with Crippen LogP contribution in [0.1, 0.15) is 5.56 Å². The van der Waals surface area contributed by atoms with E-state index in [9.17, 15) is 18.5 Å². The van der Waals surface area contributed by atoms with E-state index in [2.05, 4.69) is 14.9 Å². The van der Waals surface area contributed by atoms with Gasteiger partial charge in [0.25, 0.3) is 5.56 Å². The summed E-state index contributed by atoms with van der Waals surface area (Å²) in [5.74, 6) is 0.414. The highest BCUT2D eigenvalue weighted by Gasteiger charge is 2.21. The van der Waals surface area contributed by atoms with Crippen molar-refractivity contribution in [1.82, 2.24) is 19.2 Å². The van der Waals surface area contributed by atoms with E-state index in [1.165, 1.54) is 26.2 Å². The lowest BCUT2D eigenvalue weighted by Gasteiger charge is -2.32. The molecule has 0 saturated carbocycles. The molecule has 0 atom stereocenters. The van der Waals surface area contributed by atoms with Crippen LogP contribution in [-0.2, 0) is 10.0 Å². The largest absolute Gasteiger partial charge is 0.340 e. The molecule has 1 aliphatic heterocycles. The van der Waals surface area contributed by atoms with Crippen molar-refractivity contribution in [2.24, 2.45) is 0 Å². The third-order valence-electron chi connectivity index (χ3n) is 4.73. The molecule has 1 N–H and O–H groups in total. The normalized spacial score (nSPS) is 15.6. The summed E-state index contributed by atoms with van der Waals surface area (Å²) >= 11 is 0. The fourth-order valence-corrected chi connectivity index (χ4v) is 3.84. The van der Waals surface area contributed by atoms with Crippen LogP contribution in [0.15, 0.2) is 34.0 Å². The summed E-state index contributed by atoms with van der Waals surface area (Å²) < 4.78 is 25.6. The van der Waals surface area contributed by atoms with E-state index in [1.807, 2.05) is 18.0 Å². The van der Waals surface area contributed by atoms with E-state index in [-0.39, 0.29) is 16.2 Å². The van der Waals surface area contributed by atoms with Gasteiger partial charge in [-0.2, -0.15) is 5.26 Å². The predicted molar refractivity (Wildman–Crippen MR) is 106 cm³/mol. The maximum Gasteiger partial charge on any atom is 0.270 e. The zero-order chi connectivity index (χ0) is 20.5. The van der Waals surface area contributed by atoms with Crippen LogP contribution in [0.2, 0.25) is 0 Å². The quantitative estimate of drug-likeness (QED) is 0.783. The molecule has 1 aromatic heterocycles. The van der Waals surface area contributed by atoms with Gasteiger partial charge in [-0.25, -0.2) is 17.7 Å². The highest BCUT2D eigenvalue weighted by atomic mass is 32.2. The predicted octanol–water partition coefficient (Wildman–Crippen LogP) is 0.311. The average molecular weight is 402 g/mol. The minimum atomic E-state index is -3.56. The van der Waals surface area contributed by atoms with Gasteiger partial charge in [0.1, 0.15) is 11.6 Å². The van der Waals surface area contributed by atoms with Crippen molar-refractivity contribution >= 4 is 16.0 Å². The maximum atomic E-state index is 12.4. The topological polar surface area (TPSA) is 113 Å². The first-order chi connectivity index (χ1) is 13.2. The van der Waals surface area contributed by atoms with Crippen LogP contribution in [-0.4, -0.2) is 74.9 Å². The number of nitriles is 1. The van der Waals surface area contributed by atoms with Gasteiger partial charge in [0, 0.05) is 45.8 Å². The third-order valence-corrected chi connectivity index (χ3v) is 6.56. The molecule has 1 fully saturated rings. The number of sulfonamides is 1. The van der Waals surface area contributed by atoms with Gasteiger partial charge in [-0.1, -0.05) is 12.1 Å². The van der Waals surface area contributed by atoms with Crippen LogP contribution in [0.4, 0.5) is 5.95 Å². The Kier molecular flexibility index (Phi) is 5.51. The molecule has 10 heteroatoms. The molecule has 1 aromatic carbocycles. The first-order valence-electron chi connectivity index (χ1n) is 8.75. The Morgan fingerprint density at radius 2 is 1.75 bits per heavy atom. The molecule has 2 aromatic rings. The lowest BCUT2D eigenvalue weighted by atomic mass is 10.1. The highest BCUT2D eigenvalue weighted by Crippen LogP contribution is 2.24. The molecule has 3 rings (SSSR count). The number of piperazine rings is 1. The number of likely N-dealkylation sites (N-methyl/N-ethyl adjacent to an activating group) is 1. The SMILES string of the molecule is CN1CCN(c2nc(-c3ccc(S(=O)(=O)N(C)C)cc3)c(C#N)c(=O)[nH]2)CC1. The molecule has 1 aliphatic rings. The molecular weight excluding hydrogens is 380 g/mol. The van der Waals surface area contributed by atoms with Crippen LogP contribution in [0.5, 0.6) is 0 Å². The lowest BCUT2D eigenvalue weighted by Crippen LogP contribution is -2.45. The van der Waals surface area contributed by atoms with Gasteiger partial charge in [0.2, 0.25) is 16.0 Å². The summed E-state index contributed by atoms with van der Waals surface area (Å²) in [6.45, 7) is 3.11. The Bertz CT molecular complexity index is 1060. The van der Waals surface area contributed by atoms with E-state index in [0.717, 1.165) is 17.4 Å². The van der Waals surface area contributed by atoms with Crippen LogP contribution in [0.25, 0.3) is 11.3 Å². The molecule has 0 bridgehead atoms. The van der Waals surface area contributed by atoms with Crippen molar-refractivity contribution < 1.29 is 8.42 Å². The van der Waals surface area contributed by atoms with Crippen molar-refractivity contribution in [2.75, 3.05) is 52.2 Å². The van der Waals surface area contributed by atoms with Crippen LogP contribution >= 0.6 is 0 Å². The number of benzene rings is 1. The molecular formula is C18H22N6O3S. The number of hydrogen-bond donors (Lipinski definition) is 1. The van der Waals surface area contributed by atoms with E-state index in [4.69, 9.17) is 0 Å². The lowest BCUT2D eigenvalue weighted by molar-refractivity contribution is 0.311. The second kappa shape index (κ2) is 7.71. The molecule has 0 unspecified atom stereocenters. The number of hydrogen-bond acceptors (Lipinski definition) is 7. The summed E-state index contributed by atoms with van der Waals surface area (Å²) in [5, 5.41) is 9.42. The molecule has 28 heavy (non-hydrogen) atoms. The van der Waals surface area contributed by atoms with E-state index in [0.29, 0.717) is 24.6 Å². The molecule has 1 saturated heterocycles. The number of aromatic nitrogens is 2. The van der Waals surface area contributed by atoms with Crippen molar-refractivity contribution in [1.29, 1.82) is 5.26 Å². The molecule has 0 spiro atoms. The molecule has 2 heterocycles. The first kappa shape index (κ1) is 20.0. The zero-order valence-corrected chi connectivity index (χ0v) is 16.8.